The highest BCUT2D eigenvalue weighted by Crippen LogP contribution is 2.35. The lowest BCUT2D eigenvalue weighted by Crippen LogP contribution is -2.41. The monoisotopic (exact) mass is 271 g/mol. The van der Waals surface area contributed by atoms with Gasteiger partial charge in [0.05, 0.1) is 6.67 Å². The van der Waals surface area contributed by atoms with Crippen LogP contribution in [0.4, 0.5) is 4.39 Å². The average Bonchev–Trinajstić information content (AvgIpc) is 2.30. The summed E-state index contributed by atoms with van der Waals surface area (Å²) in [7, 11) is 0. The summed E-state index contributed by atoms with van der Waals surface area (Å²) in [5.74, 6) is 0. The predicted octanol–water partition coefficient (Wildman–Crippen LogP) is 3.04. The molecule has 0 amide bonds. The van der Waals surface area contributed by atoms with Gasteiger partial charge in [-0.05, 0) is 43.6 Å². The van der Waals surface area contributed by atoms with Gasteiger partial charge in [0.2, 0.25) is 0 Å². The van der Waals surface area contributed by atoms with Crippen LogP contribution in [0.5, 0.6) is 0 Å². The van der Waals surface area contributed by atoms with Crippen LogP contribution in [0.2, 0.25) is 0 Å². The predicted molar refractivity (Wildman–Crippen MR) is 63.9 cm³/mol. The van der Waals surface area contributed by atoms with E-state index in [0.717, 1.165) is 36.0 Å². The van der Waals surface area contributed by atoms with E-state index in [1.54, 1.807) is 0 Å². The normalized spacial score (nSPS) is 20.1. The van der Waals surface area contributed by atoms with Crippen LogP contribution >= 0.6 is 15.9 Å². The molecular weight excluding hydrogens is 257 g/mol. The van der Waals surface area contributed by atoms with Gasteiger partial charge in [0, 0.05) is 9.89 Å². The lowest BCUT2D eigenvalue weighted by molar-refractivity contribution is 0.237. The molecule has 1 saturated heterocycles. The molecular formula is C12H15BrFN. The third-order valence-corrected chi connectivity index (χ3v) is 3.75. The van der Waals surface area contributed by atoms with Crippen molar-refractivity contribution in [3.63, 3.8) is 0 Å². The molecule has 1 N–H and O–H groups in total. The van der Waals surface area contributed by atoms with Crippen LogP contribution in [0.15, 0.2) is 28.7 Å². The van der Waals surface area contributed by atoms with Crippen molar-refractivity contribution in [2.24, 2.45) is 0 Å². The minimum Gasteiger partial charge on any atom is -0.317 e. The van der Waals surface area contributed by atoms with Gasteiger partial charge in [-0.15, -0.1) is 0 Å². The summed E-state index contributed by atoms with van der Waals surface area (Å²) in [4.78, 5) is 0. The summed E-state index contributed by atoms with van der Waals surface area (Å²) < 4.78 is 14.3. The van der Waals surface area contributed by atoms with Crippen LogP contribution in [0.1, 0.15) is 18.4 Å². The van der Waals surface area contributed by atoms with Gasteiger partial charge in [0.1, 0.15) is 0 Å². The first-order chi connectivity index (χ1) is 7.27. The second-order valence-corrected chi connectivity index (χ2v) is 5.09. The molecule has 0 aromatic heterocycles. The van der Waals surface area contributed by atoms with Gasteiger partial charge in [-0.25, -0.2) is 0 Å². The fraction of sp³-hybridized carbons (Fsp3) is 0.500. The average molecular weight is 272 g/mol. The van der Waals surface area contributed by atoms with Crippen LogP contribution in [0.25, 0.3) is 0 Å². The molecule has 0 aliphatic carbocycles. The summed E-state index contributed by atoms with van der Waals surface area (Å²) in [6.07, 6.45) is 1.78. The van der Waals surface area contributed by atoms with E-state index in [2.05, 4.69) is 21.2 Å². The van der Waals surface area contributed by atoms with Crippen molar-refractivity contribution in [3.8, 4) is 0 Å². The molecule has 3 heteroatoms. The van der Waals surface area contributed by atoms with Gasteiger partial charge in [0.25, 0.3) is 0 Å². The van der Waals surface area contributed by atoms with E-state index in [4.69, 9.17) is 0 Å². The molecule has 1 aromatic rings. The number of nitrogens with one attached hydrogen (secondary N) is 1. The molecule has 0 bridgehead atoms. The second kappa shape index (κ2) is 4.62. The first kappa shape index (κ1) is 11.1. The minimum atomic E-state index is -0.259. The Morgan fingerprint density at radius 2 is 2.07 bits per heavy atom. The molecule has 1 aliphatic rings. The summed E-state index contributed by atoms with van der Waals surface area (Å²) in [6, 6.07) is 8.05. The van der Waals surface area contributed by atoms with E-state index in [9.17, 15) is 4.39 Å². The molecule has 1 fully saturated rings. The molecule has 1 nitrogen and oxygen atoms in total. The van der Waals surface area contributed by atoms with Gasteiger partial charge >= 0.3 is 0 Å². The van der Waals surface area contributed by atoms with Crippen LogP contribution in [0.3, 0.4) is 0 Å². The third kappa shape index (κ3) is 2.23. The minimum absolute atomic E-state index is 0.255. The Morgan fingerprint density at radius 3 is 2.67 bits per heavy atom. The maximum Gasteiger partial charge on any atom is 0.0991 e. The fourth-order valence-electron chi connectivity index (χ4n) is 2.22. The zero-order valence-electron chi connectivity index (χ0n) is 8.60. The number of benzene rings is 1. The Labute approximate surface area is 98.2 Å². The molecule has 0 atom stereocenters. The maximum atomic E-state index is 13.3. The van der Waals surface area contributed by atoms with Crippen molar-refractivity contribution in [2.45, 2.75) is 18.3 Å². The molecule has 0 unspecified atom stereocenters. The van der Waals surface area contributed by atoms with Crippen molar-refractivity contribution in [2.75, 3.05) is 19.8 Å². The molecule has 82 valence electrons. The number of hydrogen-bond donors (Lipinski definition) is 1. The van der Waals surface area contributed by atoms with Crippen molar-refractivity contribution >= 4 is 15.9 Å². The van der Waals surface area contributed by atoms with Crippen molar-refractivity contribution in [1.29, 1.82) is 0 Å². The standard InChI is InChI=1S/C12H15BrFN/c13-11-3-1-2-10(8-11)12(9-14)4-6-15-7-5-12/h1-3,8,15H,4-7,9H2. The van der Waals surface area contributed by atoms with Crippen molar-refractivity contribution < 1.29 is 4.39 Å². The second-order valence-electron chi connectivity index (χ2n) is 4.17. The molecule has 2 rings (SSSR count). The molecule has 15 heavy (non-hydrogen) atoms. The Hall–Kier alpha value is -0.410. The van der Waals surface area contributed by atoms with Crippen LogP contribution in [-0.2, 0) is 5.41 Å². The molecule has 0 radical (unpaired) electrons. The SMILES string of the molecule is FCC1(c2cccc(Br)c2)CCNCC1. The summed E-state index contributed by atoms with van der Waals surface area (Å²) in [5, 5.41) is 3.28. The van der Waals surface area contributed by atoms with E-state index in [1.807, 2.05) is 24.3 Å². The number of halogens is 2. The largest absolute Gasteiger partial charge is 0.317 e. The lowest BCUT2D eigenvalue weighted by atomic mass is 9.74. The van der Waals surface area contributed by atoms with E-state index >= 15 is 0 Å². The van der Waals surface area contributed by atoms with E-state index in [0.29, 0.717) is 0 Å². The summed E-state index contributed by atoms with van der Waals surface area (Å²) in [6.45, 7) is 1.57. The number of hydrogen-bond acceptors (Lipinski definition) is 1. The zero-order valence-corrected chi connectivity index (χ0v) is 10.2. The van der Waals surface area contributed by atoms with Crippen LogP contribution < -0.4 is 5.32 Å². The van der Waals surface area contributed by atoms with Crippen LogP contribution in [0, 0.1) is 0 Å². The van der Waals surface area contributed by atoms with Gasteiger partial charge in [-0.1, -0.05) is 28.1 Å². The highest BCUT2D eigenvalue weighted by Gasteiger charge is 2.33. The first-order valence-electron chi connectivity index (χ1n) is 5.30. The van der Waals surface area contributed by atoms with Gasteiger partial charge in [0.15, 0.2) is 0 Å². The van der Waals surface area contributed by atoms with E-state index < -0.39 is 0 Å². The van der Waals surface area contributed by atoms with E-state index in [1.165, 1.54) is 0 Å². The Kier molecular flexibility index (Phi) is 3.42. The third-order valence-electron chi connectivity index (χ3n) is 3.25. The Bertz CT molecular complexity index is 334. The molecule has 0 saturated carbocycles. The first-order valence-corrected chi connectivity index (χ1v) is 6.09. The van der Waals surface area contributed by atoms with Crippen molar-refractivity contribution in [3.05, 3.63) is 34.3 Å². The fourth-order valence-corrected chi connectivity index (χ4v) is 2.62. The Balaban J connectivity index is 2.32. The lowest BCUT2D eigenvalue weighted by Gasteiger charge is -2.35. The van der Waals surface area contributed by atoms with E-state index in [-0.39, 0.29) is 12.1 Å². The molecule has 1 aliphatic heterocycles. The quantitative estimate of drug-likeness (QED) is 0.872. The molecule has 1 aromatic carbocycles. The number of rotatable bonds is 2. The van der Waals surface area contributed by atoms with Crippen molar-refractivity contribution in [1.82, 2.24) is 5.32 Å². The van der Waals surface area contributed by atoms with Crippen LogP contribution in [-0.4, -0.2) is 19.8 Å². The maximum absolute atomic E-state index is 13.3. The molecule has 0 spiro atoms. The highest BCUT2D eigenvalue weighted by molar-refractivity contribution is 9.10. The number of alkyl halides is 1. The van der Waals surface area contributed by atoms with Gasteiger partial charge in [-0.2, -0.15) is 0 Å². The Morgan fingerprint density at radius 1 is 1.33 bits per heavy atom. The topological polar surface area (TPSA) is 12.0 Å². The molecule has 1 heterocycles. The van der Waals surface area contributed by atoms with Gasteiger partial charge < -0.3 is 5.32 Å². The zero-order chi connectivity index (χ0) is 10.7. The highest BCUT2D eigenvalue weighted by atomic mass is 79.9. The summed E-state index contributed by atoms with van der Waals surface area (Å²) in [5.41, 5.74) is 0.871. The summed E-state index contributed by atoms with van der Waals surface area (Å²) >= 11 is 3.44. The van der Waals surface area contributed by atoms with Gasteiger partial charge in [-0.3, -0.25) is 4.39 Å². The number of piperidine rings is 1. The smallest absolute Gasteiger partial charge is 0.0991 e.